The van der Waals surface area contributed by atoms with E-state index in [1.807, 2.05) is 4.90 Å². The Bertz CT molecular complexity index is 888. The molecule has 0 spiro atoms. The topological polar surface area (TPSA) is 78.0 Å². The van der Waals surface area contributed by atoms with Gasteiger partial charge in [0, 0.05) is 49.9 Å². The summed E-state index contributed by atoms with van der Waals surface area (Å²) in [6, 6.07) is 3.23. The second kappa shape index (κ2) is 6.43. The van der Waals surface area contributed by atoms with Gasteiger partial charge in [-0.2, -0.15) is 18.3 Å². The molecule has 1 atom stereocenters. The first-order valence-electron chi connectivity index (χ1n) is 9.80. The molecule has 154 valence electrons. The van der Waals surface area contributed by atoms with Gasteiger partial charge in [0.25, 0.3) is 0 Å². The maximum atomic E-state index is 13.2. The first-order chi connectivity index (χ1) is 13.9. The summed E-state index contributed by atoms with van der Waals surface area (Å²) in [5.41, 5.74) is -0.705. The molecule has 2 saturated heterocycles. The minimum atomic E-state index is -4.23. The van der Waals surface area contributed by atoms with Gasteiger partial charge in [0.2, 0.25) is 0 Å². The van der Waals surface area contributed by atoms with E-state index >= 15 is 0 Å². The number of rotatable bonds is 3. The summed E-state index contributed by atoms with van der Waals surface area (Å²) in [6.45, 7) is 2.37. The summed E-state index contributed by atoms with van der Waals surface area (Å²) < 4.78 is 39.7. The highest BCUT2D eigenvalue weighted by molar-refractivity contribution is 5.76. The highest BCUT2D eigenvalue weighted by Gasteiger charge is 2.64. The van der Waals surface area contributed by atoms with Crippen molar-refractivity contribution < 1.29 is 18.0 Å². The summed E-state index contributed by atoms with van der Waals surface area (Å²) in [6.07, 6.45) is -0.278. The van der Waals surface area contributed by atoms with Crippen molar-refractivity contribution in [3.8, 4) is 0 Å². The van der Waals surface area contributed by atoms with Gasteiger partial charge < -0.3 is 9.80 Å². The number of amides is 2. The minimum Gasteiger partial charge on any atom is -0.324 e. The third-order valence-corrected chi connectivity index (χ3v) is 6.48. The van der Waals surface area contributed by atoms with Crippen LogP contribution in [0.2, 0.25) is 0 Å². The molecule has 2 amide bonds. The van der Waals surface area contributed by atoms with E-state index in [2.05, 4.69) is 20.2 Å². The van der Waals surface area contributed by atoms with E-state index in [-0.39, 0.29) is 36.3 Å². The predicted molar refractivity (Wildman–Crippen MR) is 96.2 cm³/mol. The van der Waals surface area contributed by atoms with E-state index in [1.165, 1.54) is 12.5 Å². The molecule has 7 nitrogen and oxygen atoms in total. The Balaban J connectivity index is 1.17. The molecule has 0 aromatic carbocycles. The molecule has 0 radical (unpaired) electrons. The zero-order chi connectivity index (χ0) is 20.2. The molecule has 5 rings (SSSR count). The zero-order valence-electron chi connectivity index (χ0n) is 15.7. The number of alkyl halides is 3. The summed E-state index contributed by atoms with van der Waals surface area (Å²) in [4.78, 5) is 24.7. The average Bonchev–Trinajstić information content (AvgIpc) is 3.08. The lowest BCUT2D eigenvalue weighted by Crippen LogP contribution is -2.53. The standard InChI is InChI=1S/C19H21F3N6O/c20-19(21,22)18(4-5-18)14-1-2-15(23-7-14)13-9-28(10-13)17(29)27-6-3-12(8-27)16-24-11-25-26-16/h1-2,7,11-13H,3-6,8-10H2,(H,24,25,26)/t12-/m0/s1. The van der Waals surface area contributed by atoms with Crippen LogP contribution in [0.25, 0.3) is 0 Å². The van der Waals surface area contributed by atoms with Gasteiger partial charge in [0.05, 0.1) is 5.41 Å². The van der Waals surface area contributed by atoms with Crippen molar-refractivity contribution >= 4 is 6.03 Å². The third kappa shape index (κ3) is 3.05. The number of carbonyl (C=O) groups excluding carboxylic acids is 1. The van der Waals surface area contributed by atoms with Crippen molar-refractivity contribution in [2.45, 2.75) is 42.7 Å². The van der Waals surface area contributed by atoms with E-state index in [1.54, 1.807) is 17.0 Å². The number of carbonyl (C=O) groups is 1. The molecule has 2 aromatic rings. The Labute approximate surface area is 165 Å². The highest BCUT2D eigenvalue weighted by Crippen LogP contribution is 2.58. The number of aromatic nitrogens is 4. The molecule has 29 heavy (non-hydrogen) atoms. The SMILES string of the molecule is O=C(N1CC(c2ccc(C3(C(F)(F)F)CC3)cn2)C1)N1CC[C@H](c2ncn[nH]2)C1. The van der Waals surface area contributed by atoms with Gasteiger partial charge in [-0.3, -0.25) is 10.1 Å². The van der Waals surface area contributed by atoms with Crippen molar-refractivity contribution in [2.24, 2.45) is 0 Å². The second-order valence-electron chi connectivity index (χ2n) is 8.24. The second-order valence-corrected chi connectivity index (χ2v) is 8.24. The number of pyridine rings is 1. The van der Waals surface area contributed by atoms with Crippen molar-refractivity contribution in [1.82, 2.24) is 30.0 Å². The maximum absolute atomic E-state index is 13.2. The molecule has 1 aliphatic carbocycles. The van der Waals surface area contributed by atoms with Crippen LogP contribution < -0.4 is 0 Å². The van der Waals surface area contributed by atoms with Crippen LogP contribution in [0.5, 0.6) is 0 Å². The Morgan fingerprint density at radius 1 is 1.10 bits per heavy atom. The number of likely N-dealkylation sites (tertiary alicyclic amines) is 2. The molecule has 10 heteroatoms. The number of H-pyrrole nitrogens is 1. The predicted octanol–water partition coefficient (Wildman–Crippen LogP) is 2.80. The van der Waals surface area contributed by atoms with Crippen LogP contribution in [-0.2, 0) is 5.41 Å². The molecular formula is C19H21F3N6O. The molecule has 1 N–H and O–H groups in total. The third-order valence-electron chi connectivity index (χ3n) is 6.48. The van der Waals surface area contributed by atoms with Gasteiger partial charge in [-0.1, -0.05) is 6.07 Å². The average molecular weight is 406 g/mol. The lowest BCUT2D eigenvalue weighted by molar-refractivity contribution is -0.160. The van der Waals surface area contributed by atoms with Gasteiger partial charge in [0.15, 0.2) is 0 Å². The smallest absolute Gasteiger partial charge is 0.324 e. The van der Waals surface area contributed by atoms with Crippen LogP contribution in [0.1, 0.15) is 48.2 Å². The van der Waals surface area contributed by atoms with E-state index in [0.29, 0.717) is 26.2 Å². The largest absolute Gasteiger partial charge is 0.398 e. The summed E-state index contributed by atoms with van der Waals surface area (Å²) in [5, 5.41) is 6.72. The maximum Gasteiger partial charge on any atom is 0.398 e. The molecule has 0 unspecified atom stereocenters. The minimum absolute atomic E-state index is 0.00566. The van der Waals surface area contributed by atoms with Crippen LogP contribution in [-0.4, -0.2) is 68.4 Å². The van der Waals surface area contributed by atoms with Gasteiger partial charge in [-0.25, -0.2) is 9.78 Å². The monoisotopic (exact) mass is 406 g/mol. The van der Waals surface area contributed by atoms with Crippen molar-refractivity contribution in [2.75, 3.05) is 26.2 Å². The molecule has 3 fully saturated rings. The van der Waals surface area contributed by atoms with Crippen LogP contribution in [0.3, 0.4) is 0 Å². The molecular weight excluding hydrogens is 385 g/mol. The molecule has 2 aromatic heterocycles. The zero-order valence-corrected chi connectivity index (χ0v) is 15.7. The first-order valence-corrected chi connectivity index (χ1v) is 9.80. The Kier molecular flexibility index (Phi) is 4.08. The van der Waals surface area contributed by atoms with Gasteiger partial charge in [0.1, 0.15) is 12.2 Å². The first kappa shape index (κ1) is 18.4. The number of urea groups is 1. The number of nitrogens with one attached hydrogen (secondary N) is 1. The summed E-state index contributed by atoms with van der Waals surface area (Å²) in [7, 11) is 0. The van der Waals surface area contributed by atoms with E-state index in [9.17, 15) is 18.0 Å². The summed E-state index contributed by atoms with van der Waals surface area (Å²) in [5.74, 6) is 1.05. The fourth-order valence-electron chi connectivity index (χ4n) is 4.38. The number of hydrogen-bond acceptors (Lipinski definition) is 4. The number of nitrogens with zero attached hydrogens (tertiary/aromatic N) is 5. The van der Waals surface area contributed by atoms with Crippen molar-refractivity contribution in [1.29, 1.82) is 0 Å². The molecule has 0 bridgehead atoms. The number of hydrogen-bond donors (Lipinski definition) is 1. The van der Waals surface area contributed by atoms with E-state index < -0.39 is 11.6 Å². The Morgan fingerprint density at radius 2 is 1.86 bits per heavy atom. The van der Waals surface area contributed by atoms with Crippen LogP contribution in [0.4, 0.5) is 18.0 Å². The Hall–Kier alpha value is -2.65. The van der Waals surface area contributed by atoms with Crippen LogP contribution >= 0.6 is 0 Å². The van der Waals surface area contributed by atoms with Crippen LogP contribution in [0.15, 0.2) is 24.7 Å². The fourth-order valence-corrected chi connectivity index (χ4v) is 4.38. The van der Waals surface area contributed by atoms with Crippen LogP contribution in [0, 0.1) is 0 Å². The molecule has 3 aliphatic rings. The number of aromatic amines is 1. The van der Waals surface area contributed by atoms with Crippen molar-refractivity contribution in [3.05, 3.63) is 41.7 Å². The highest BCUT2D eigenvalue weighted by atomic mass is 19.4. The van der Waals surface area contributed by atoms with Crippen molar-refractivity contribution in [3.63, 3.8) is 0 Å². The lowest BCUT2D eigenvalue weighted by Gasteiger charge is -2.41. The Morgan fingerprint density at radius 3 is 2.45 bits per heavy atom. The van der Waals surface area contributed by atoms with Gasteiger partial charge in [-0.05, 0) is 30.9 Å². The normalized spacial score (nSPS) is 23.9. The fraction of sp³-hybridized carbons (Fsp3) is 0.579. The lowest BCUT2D eigenvalue weighted by atomic mass is 9.93. The quantitative estimate of drug-likeness (QED) is 0.850. The summed E-state index contributed by atoms with van der Waals surface area (Å²) >= 11 is 0. The number of halogens is 3. The molecule has 4 heterocycles. The van der Waals surface area contributed by atoms with E-state index in [0.717, 1.165) is 17.9 Å². The van der Waals surface area contributed by atoms with E-state index in [4.69, 9.17) is 0 Å². The molecule has 1 saturated carbocycles. The van der Waals surface area contributed by atoms with Gasteiger partial charge in [-0.15, -0.1) is 0 Å². The molecule has 2 aliphatic heterocycles. The van der Waals surface area contributed by atoms with Gasteiger partial charge >= 0.3 is 12.2 Å².